The molecule has 0 aliphatic carbocycles. The zero-order chi connectivity index (χ0) is 13.7. The van der Waals surface area contributed by atoms with Crippen LogP contribution in [0.4, 0.5) is 11.4 Å². The van der Waals surface area contributed by atoms with Crippen LogP contribution >= 0.6 is 0 Å². The summed E-state index contributed by atoms with van der Waals surface area (Å²) in [5, 5.41) is 2.82. The van der Waals surface area contributed by atoms with Crippen LogP contribution in [0.15, 0.2) is 42.7 Å². The van der Waals surface area contributed by atoms with E-state index in [2.05, 4.69) is 17.2 Å². The summed E-state index contributed by atoms with van der Waals surface area (Å²) in [6.07, 6.45) is 5.18. The lowest BCUT2D eigenvalue weighted by Crippen LogP contribution is -2.14. The molecule has 4 nitrogen and oxygen atoms in total. The molecule has 0 fully saturated rings. The molecule has 0 saturated carbocycles. The van der Waals surface area contributed by atoms with Gasteiger partial charge in [0.25, 0.3) is 5.91 Å². The fourth-order valence-corrected chi connectivity index (χ4v) is 1.86. The number of aryl methyl sites for hydroxylation is 1. The Bertz CT molecular complexity index is 564. The molecule has 0 atom stereocenters. The van der Waals surface area contributed by atoms with E-state index in [1.165, 1.54) is 11.8 Å². The number of rotatable bonds is 4. The summed E-state index contributed by atoms with van der Waals surface area (Å²) in [6, 6.07) is 9.46. The van der Waals surface area contributed by atoms with Crippen molar-refractivity contribution in [1.82, 2.24) is 4.98 Å². The molecule has 2 aromatic rings. The Morgan fingerprint density at radius 2 is 2.00 bits per heavy atom. The van der Waals surface area contributed by atoms with Crippen LogP contribution in [0.2, 0.25) is 0 Å². The van der Waals surface area contributed by atoms with E-state index in [0.29, 0.717) is 11.3 Å². The molecule has 4 heteroatoms. The number of nitrogens with zero attached hydrogens (tertiary/aromatic N) is 1. The van der Waals surface area contributed by atoms with E-state index in [1.807, 2.05) is 24.3 Å². The van der Waals surface area contributed by atoms with Crippen LogP contribution in [0.25, 0.3) is 0 Å². The Morgan fingerprint density at radius 3 is 2.63 bits per heavy atom. The predicted octanol–water partition coefficient (Wildman–Crippen LogP) is 2.87. The van der Waals surface area contributed by atoms with Gasteiger partial charge in [0.05, 0.1) is 17.4 Å². The first-order valence-corrected chi connectivity index (χ1v) is 6.30. The summed E-state index contributed by atoms with van der Waals surface area (Å²) >= 11 is 0. The lowest BCUT2D eigenvalue weighted by Gasteiger charge is -2.07. The second-order valence-electron chi connectivity index (χ2n) is 4.36. The third-order valence-electron chi connectivity index (χ3n) is 2.85. The number of hydrogen-bond acceptors (Lipinski definition) is 3. The monoisotopic (exact) mass is 255 g/mol. The van der Waals surface area contributed by atoms with E-state index in [0.717, 1.165) is 18.5 Å². The number of carbonyl (C=O) groups excluding carboxylic acids is 1. The first-order chi connectivity index (χ1) is 9.20. The molecule has 19 heavy (non-hydrogen) atoms. The molecule has 0 aliphatic heterocycles. The van der Waals surface area contributed by atoms with Gasteiger partial charge in [-0.25, -0.2) is 0 Å². The highest BCUT2D eigenvalue weighted by molar-refractivity contribution is 6.07. The van der Waals surface area contributed by atoms with Crippen LogP contribution in [0, 0.1) is 0 Å². The number of carbonyl (C=O) groups is 1. The third-order valence-corrected chi connectivity index (χ3v) is 2.85. The summed E-state index contributed by atoms with van der Waals surface area (Å²) in [5.74, 6) is -0.219. The number of amides is 1. The van der Waals surface area contributed by atoms with Crippen molar-refractivity contribution in [3.8, 4) is 0 Å². The molecule has 98 valence electrons. The molecular weight excluding hydrogens is 238 g/mol. The van der Waals surface area contributed by atoms with Gasteiger partial charge in [0.2, 0.25) is 0 Å². The van der Waals surface area contributed by atoms with Gasteiger partial charge in [0.15, 0.2) is 0 Å². The average molecular weight is 255 g/mol. The average Bonchev–Trinajstić information content (AvgIpc) is 2.42. The van der Waals surface area contributed by atoms with E-state index in [-0.39, 0.29) is 5.91 Å². The minimum Gasteiger partial charge on any atom is -0.397 e. The zero-order valence-electron chi connectivity index (χ0n) is 10.9. The molecule has 0 aliphatic rings. The quantitative estimate of drug-likeness (QED) is 0.882. The minimum atomic E-state index is -0.219. The summed E-state index contributed by atoms with van der Waals surface area (Å²) in [4.78, 5) is 15.9. The van der Waals surface area contributed by atoms with E-state index in [1.54, 1.807) is 12.3 Å². The van der Waals surface area contributed by atoms with Crippen LogP contribution in [0.1, 0.15) is 29.3 Å². The third kappa shape index (κ3) is 3.31. The number of aromatic nitrogens is 1. The maximum Gasteiger partial charge on any atom is 0.257 e. The fourth-order valence-electron chi connectivity index (χ4n) is 1.86. The van der Waals surface area contributed by atoms with Crippen molar-refractivity contribution in [2.45, 2.75) is 19.8 Å². The van der Waals surface area contributed by atoms with Gasteiger partial charge < -0.3 is 11.1 Å². The molecule has 1 heterocycles. The first kappa shape index (κ1) is 13.1. The van der Waals surface area contributed by atoms with Gasteiger partial charge in [0, 0.05) is 11.9 Å². The number of nitrogens with two attached hydrogens (primary N) is 1. The van der Waals surface area contributed by atoms with Crippen LogP contribution in [0.5, 0.6) is 0 Å². The van der Waals surface area contributed by atoms with Crippen LogP contribution < -0.4 is 11.1 Å². The van der Waals surface area contributed by atoms with Crippen molar-refractivity contribution in [2.24, 2.45) is 0 Å². The highest BCUT2D eigenvalue weighted by Gasteiger charge is 2.09. The van der Waals surface area contributed by atoms with Crippen LogP contribution in [0.3, 0.4) is 0 Å². The second kappa shape index (κ2) is 6.00. The maximum absolute atomic E-state index is 12.0. The molecular formula is C15H17N3O. The van der Waals surface area contributed by atoms with Gasteiger partial charge in [0.1, 0.15) is 0 Å². The molecule has 1 amide bonds. The minimum absolute atomic E-state index is 0.219. The van der Waals surface area contributed by atoms with Crippen molar-refractivity contribution in [2.75, 3.05) is 11.1 Å². The molecule has 0 bridgehead atoms. The molecule has 0 unspecified atom stereocenters. The highest BCUT2D eigenvalue weighted by Crippen LogP contribution is 2.14. The molecule has 2 rings (SSSR count). The Balaban J connectivity index is 2.09. The smallest absolute Gasteiger partial charge is 0.257 e. The molecule has 1 aromatic heterocycles. The number of pyridine rings is 1. The lowest BCUT2D eigenvalue weighted by molar-refractivity contribution is 0.102. The number of nitrogen functional groups attached to an aromatic ring is 1. The number of benzene rings is 1. The van der Waals surface area contributed by atoms with Crippen LogP contribution in [-0.2, 0) is 6.42 Å². The van der Waals surface area contributed by atoms with Gasteiger partial charge in [-0.3, -0.25) is 9.78 Å². The lowest BCUT2D eigenvalue weighted by atomic mass is 10.1. The van der Waals surface area contributed by atoms with E-state index in [4.69, 9.17) is 5.73 Å². The van der Waals surface area contributed by atoms with Gasteiger partial charge in [-0.2, -0.15) is 0 Å². The number of hydrogen-bond donors (Lipinski definition) is 2. The topological polar surface area (TPSA) is 68.0 Å². The van der Waals surface area contributed by atoms with Crippen molar-refractivity contribution in [1.29, 1.82) is 0 Å². The van der Waals surface area contributed by atoms with Crippen molar-refractivity contribution in [3.05, 3.63) is 53.9 Å². The Kier molecular flexibility index (Phi) is 4.13. The zero-order valence-corrected chi connectivity index (χ0v) is 10.9. The molecule has 0 spiro atoms. The Hall–Kier alpha value is -2.36. The van der Waals surface area contributed by atoms with E-state index >= 15 is 0 Å². The second-order valence-corrected chi connectivity index (χ2v) is 4.36. The standard InChI is InChI=1S/C15H17N3O/c1-2-3-11-4-6-12(7-5-11)18-15(19)13-8-9-17-10-14(13)16/h4-10H,2-3,16H2,1H3,(H,18,19). The largest absolute Gasteiger partial charge is 0.397 e. The van der Waals surface area contributed by atoms with Gasteiger partial charge >= 0.3 is 0 Å². The fraction of sp³-hybridized carbons (Fsp3) is 0.200. The summed E-state index contributed by atoms with van der Waals surface area (Å²) in [5.41, 5.74) is 8.56. The SMILES string of the molecule is CCCc1ccc(NC(=O)c2ccncc2N)cc1. The normalized spacial score (nSPS) is 10.2. The molecule has 3 N–H and O–H groups in total. The first-order valence-electron chi connectivity index (χ1n) is 6.30. The molecule has 0 radical (unpaired) electrons. The Morgan fingerprint density at radius 1 is 1.26 bits per heavy atom. The van der Waals surface area contributed by atoms with E-state index < -0.39 is 0 Å². The molecule has 0 saturated heterocycles. The van der Waals surface area contributed by atoms with Gasteiger partial charge in [-0.05, 0) is 30.2 Å². The number of anilines is 2. The molecule has 1 aromatic carbocycles. The van der Waals surface area contributed by atoms with Crippen molar-refractivity contribution in [3.63, 3.8) is 0 Å². The Labute approximate surface area is 112 Å². The van der Waals surface area contributed by atoms with Crippen LogP contribution in [-0.4, -0.2) is 10.9 Å². The summed E-state index contributed by atoms with van der Waals surface area (Å²) < 4.78 is 0. The summed E-state index contributed by atoms with van der Waals surface area (Å²) in [6.45, 7) is 2.14. The van der Waals surface area contributed by atoms with E-state index in [9.17, 15) is 4.79 Å². The van der Waals surface area contributed by atoms with Crippen molar-refractivity contribution < 1.29 is 4.79 Å². The maximum atomic E-state index is 12.0. The highest BCUT2D eigenvalue weighted by atomic mass is 16.1. The summed E-state index contributed by atoms with van der Waals surface area (Å²) in [7, 11) is 0. The van der Waals surface area contributed by atoms with Gasteiger partial charge in [-0.15, -0.1) is 0 Å². The predicted molar refractivity (Wildman–Crippen MR) is 77.0 cm³/mol. The number of nitrogens with one attached hydrogen (secondary N) is 1. The van der Waals surface area contributed by atoms with Crippen molar-refractivity contribution >= 4 is 17.3 Å². The van der Waals surface area contributed by atoms with Gasteiger partial charge in [-0.1, -0.05) is 25.5 Å².